The number of hydrogen-bond acceptors (Lipinski definition) is 6. The van der Waals surface area contributed by atoms with Gasteiger partial charge in [0, 0.05) is 11.1 Å². The fourth-order valence-electron chi connectivity index (χ4n) is 1.84. The Morgan fingerprint density at radius 3 is 2.74 bits per heavy atom. The summed E-state index contributed by atoms with van der Waals surface area (Å²) in [4.78, 5) is 0. The number of anilines is 1. The Morgan fingerprint density at radius 2 is 2.11 bits per heavy atom. The lowest BCUT2D eigenvalue weighted by Gasteiger charge is -2.08. The lowest BCUT2D eigenvalue weighted by atomic mass is 10.0. The van der Waals surface area contributed by atoms with Crippen molar-refractivity contribution in [1.29, 1.82) is 0 Å². The van der Waals surface area contributed by atoms with Gasteiger partial charge < -0.3 is 14.9 Å². The van der Waals surface area contributed by atoms with Crippen LogP contribution < -0.4 is 10.5 Å². The third-order valence-corrected chi connectivity index (χ3v) is 3.40. The summed E-state index contributed by atoms with van der Waals surface area (Å²) in [6, 6.07) is 7.79. The molecule has 0 atom stereocenters. The maximum absolute atomic E-state index is 5.44. The van der Waals surface area contributed by atoms with Crippen LogP contribution in [-0.2, 0) is 0 Å². The van der Waals surface area contributed by atoms with E-state index in [9.17, 15) is 0 Å². The first-order chi connectivity index (χ1) is 9.28. The molecule has 0 unspecified atom stereocenters. The van der Waals surface area contributed by atoms with E-state index in [1.165, 1.54) is 0 Å². The lowest BCUT2D eigenvalue weighted by molar-refractivity contribution is 0.416. The minimum absolute atomic E-state index is 0.0582. The third-order valence-electron chi connectivity index (χ3n) is 2.72. The van der Waals surface area contributed by atoms with Crippen molar-refractivity contribution in [2.24, 2.45) is 0 Å². The predicted octanol–water partition coefficient (Wildman–Crippen LogP) is 3.06. The van der Waals surface area contributed by atoms with Gasteiger partial charge >= 0.3 is 6.01 Å². The summed E-state index contributed by atoms with van der Waals surface area (Å²) in [5.41, 5.74) is 8.33. The van der Waals surface area contributed by atoms with Gasteiger partial charge in [-0.2, -0.15) is 11.3 Å². The van der Waals surface area contributed by atoms with E-state index in [4.69, 9.17) is 14.9 Å². The van der Waals surface area contributed by atoms with Gasteiger partial charge in [-0.05, 0) is 40.6 Å². The van der Waals surface area contributed by atoms with Gasteiger partial charge in [-0.15, -0.1) is 5.10 Å². The van der Waals surface area contributed by atoms with Crippen LogP contribution in [0, 0.1) is 0 Å². The quantitative estimate of drug-likeness (QED) is 0.793. The second-order valence-electron chi connectivity index (χ2n) is 3.87. The number of aromatic nitrogens is 2. The van der Waals surface area contributed by atoms with Gasteiger partial charge in [-0.25, -0.2) is 0 Å². The Balaban J connectivity index is 2.12. The van der Waals surface area contributed by atoms with Crippen LogP contribution in [0.4, 0.5) is 6.01 Å². The van der Waals surface area contributed by atoms with Gasteiger partial charge in [0.2, 0.25) is 5.89 Å². The Morgan fingerprint density at radius 1 is 1.21 bits per heavy atom. The zero-order chi connectivity index (χ0) is 13.2. The van der Waals surface area contributed by atoms with Crippen LogP contribution in [0.5, 0.6) is 5.75 Å². The van der Waals surface area contributed by atoms with E-state index >= 15 is 0 Å². The zero-order valence-corrected chi connectivity index (χ0v) is 11.0. The largest absolute Gasteiger partial charge is 0.496 e. The molecule has 3 rings (SSSR count). The van der Waals surface area contributed by atoms with Crippen molar-refractivity contribution in [2.45, 2.75) is 0 Å². The van der Waals surface area contributed by atoms with E-state index in [1.54, 1.807) is 18.4 Å². The predicted molar refractivity (Wildman–Crippen MR) is 74.0 cm³/mol. The fraction of sp³-hybridized carbons (Fsp3) is 0.0769. The number of nitrogens with zero attached hydrogens (tertiary/aromatic N) is 2. The summed E-state index contributed by atoms with van der Waals surface area (Å²) in [5.74, 6) is 1.20. The number of benzene rings is 1. The van der Waals surface area contributed by atoms with Gasteiger partial charge in [-0.3, -0.25) is 0 Å². The first-order valence-corrected chi connectivity index (χ1v) is 6.52. The molecule has 3 aromatic rings. The summed E-state index contributed by atoms with van der Waals surface area (Å²) in [5, 5.41) is 11.6. The average molecular weight is 273 g/mol. The van der Waals surface area contributed by atoms with Crippen LogP contribution in [0.25, 0.3) is 22.6 Å². The van der Waals surface area contributed by atoms with Crippen molar-refractivity contribution in [3.05, 3.63) is 35.0 Å². The fourth-order valence-corrected chi connectivity index (χ4v) is 2.49. The van der Waals surface area contributed by atoms with E-state index in [0.717, 1.165) is 22.4 Å². The van der Waals surface area contributed by atoms with Crippen molar-refractivity contribution < 1.29 is 9.15 Å². The van der Waals surface area contributed by atoms with Crippen LogP contribution in [0.15, 0.2) is 39.4 Å². The summed E-state index contributed by atoms with van der Waals surface area (Å²) < 4.78 is 10.6. The first kappa shape index (κ1) is 11.7. The molecule has 0 aliphatic carbocycles. The molecule has 0 bridgehead atoms. The van der Waals surface area contributed by atoms with Gasteiger partial charge in [0.25, 0.3) is 0 Å². The van der Waals surface area contributed by atoms with Gasteiger partial charge in [0.05, 0.1) is 7.11 Å². The van der Waals surface area contributed by atoms with Crippen molar-refractivity contribution in [3.8, 4) is 28.3 Å². The molecule has 6 heteroatoms. The van der Waals surface area contributed by atoms with Gasteiger partial charge in [0.15, 0.2) is 0 Å². The molecule has 1 aromatic carbocycles. The number of nitrogens with two attached hydrogens (primary N) is 1. The lowest BCUT2D eigenvalue weighted by Crippen LogP contribution is -1.88. The van der Waals surface area contributed by atoms with E-state index in [0.29, 0.717) is 5.89 Å². The van der Waals surface area contributed by atoms with Crippen LogP contribution in [-0.4, -0.2) is 17.3 Å². The number of thiophene rings is 1. The van der Waals surface area contributed by atoms with Gasteiger partial charge in [0.1, 0.15) is 5.75 Å². The van der Waals surface area contributed by atoms with Crippen LogP contribution in [0.1, 0.15) is 0 Å². The topological polar surface area (TPSA) is 74.2 Å². The number of nitrogen functional groups attached to an aromatic ring is 1. The smallest absolute Gasteiger partial charge is 0.313 e. The molecule has 2 heterocycles. The molecule has 0 aliphatic rings. The molecule has 0 aliphatic heterocycles. The van der Waals surface area contributed by atoms with Gasteiger partial charge in [-0.1, -0.05) is 5.10 Å². The highest BCUT2D eigenvalue weighted by Gasteiger charge is 2.12. The molecule has 0 saturated heterocycles. The van der Waals surface area contributed by atoms with Crippen molar-refractivity contribution in [3.63, 3.8) is 0 Å². The summed E-state index contributed by atoms with van der Waals surface area (Å²) in [6.07, 6.45) is 0. The minimum Gasteiger partial charge on any atom is -0.496 e. The van der Waals surface area contributed by atoms with Crippen molar-refractivity contribution >= 4 is 17.4 Å². The van der Waals surface area contributed by atoms with E-state index < -0.39 is 0 Å². The summed E-state index contributed by atoms with van der Waals surface area (Å²) in [6.45, 7) is 0. The standard InChI is InChI=1S/C13H11N3O2S/c1-17-11-3-2-8(12-15-16-13(14)18-12)6-10(11)9-4-5-19-7-9/h2-7H,1H3,(H2,14,16). The van der Waals surface area contributed by atoms with Crippen molar-refractivity contribution in [1.82, 2.24) is 10.2 Å². The first-order valence-electron chi connectivity index (χ1n) is 5.58. The summed E-state index contributed by atoms with van der Waals surface area (Å²) >= 11 is 1.63. The second kappa shape index (κ2) is 4.74. The molecule has 0 radical (unpaired) electrons. The Labute approximate surface area is 113 Å². The van der Waals surface area contributed by atoms with Crippen LogP contribution >= 0.6 is 11.3 Å². The molecule has 0 fully saturated rings. The Bertz CT molecular complexity index is 692. The highest BCUT2D eigenvalue weighted by atomic mass is 32.1. The highest BCUT2D eigenvalue weighted by Crippen LogP contribution is 2.34. The molecule has 19 heavy (non-hydrogen) atoms. The maximum Gasteiger partial charge on any atom is 0.313 e. The number of methoxy groups -OCH3 is 1. The summed E-state index contributed by atoms with van der Waals surface area (Å²) in [7, 11) is 1.65. The molecule has 2 aromatic heterocycles. The minimum atomic E-state index is 0.0582. The van der Waals surface area contributed by atoms with Crippen LogP contribution in [0.2, 0.25) is 0 Å². The molecule has 2 N–H and O–H groups in total. The monoisotopic (exact) mass is 273 g/mol. The number of ether oxygens (including phenoxy) is 1. The molecular weight excluding hydrogens is 262 g/mol. The number of hydrogen-bond donors (Lipinski definition) is 1. The third kappa shape index (κ3) is 2.17. The maximum atomic E-state index is 5.44. The zero-order valence-electron chi connectivity index (χ0n) is 10.2. The molecule has 0 spiro atoms. The molecule has 5 nitrogen and oxygen atoms in total. The SMILES string of the molecule is COc1ccc(-c2nnc(N)o2)cc1-c1ccsc1. The Hall–Kier alpha value is -2.34. The number of rotatable bonds is 3. The van der Waals surface area contributed by atoms with E-state index in [2.05, 4.69) is 15.6 Å². The second-order valence-corrected chi connectivity index (χ2v) is 4.65. The normalized spacial score (nSPS) is 10.6. The Kier molecular flexibility index (Phi) is 2.92. The van der Waals surface area contributed by atoms with E-state index in [-0.39, 0.29) is 6.01 Å². The molecule has 0 saturated carbocycles. The van der Waals surface area contributed by atoms with Crippen molar-refractivity contribution in [2.75, 3.05) is 12.8 Å². The molecular formula is C13H11N3O2S. The van der Waals surface area contributed by atoms with Crippen LogP contribution in [0.3, 0.4) is 0 Å². The van der Waals surface area contributed by atoms with E-state index in [1.807, 2.05) is 29.6 Å². The highest BCUT2D eigenvalue weighted by molar-refractivity contribution is 7.08. The molecule has 0 amide bonds. The average Bonchev–Trinajstić information content (AvgIpc) is 3.09. The molecule has 96 valence electrons.